The number of aryl methyl sites for hydroxylation is 2. The topological polar surface area (TPSA) is 23.6 Å². The van der Waals surface area contributed by atoms with Crippen LogP contribution in [0.4, 0.5) is 11.4 Å². The highest BCUT2D eigenvalue weighted by Gasteiger charge is 2.33. The van der Waals surface area contributed by atoms with E-state index in [0.717, 1.165) is 22.5 Å². The van der Waals surface area contributed by atoms with E-state index < -0.39 is 0 Å². The van der Waals surface area contributed by atoms with Crippen molar-refractivity contribution in [3.63, 3.8) is 0 Å². The van der Waals surface area contributed by atoms with E-state index in [0.29, 0.717) is 9.23 Å². The summed E-state index contributed by atoms with van der Waals surface area (Å²) < 4.78 is 0.574. The third-order valence-electron chi connectivity index (χ3n) is 4.25. The maximum atomic E-state index is 12.8. The van der Waals surface area contributed by atoms with Gasteiger partial charge in [-0.15, -0.1) is 0 Å². The third-order valence-corrected chi connectivity index (χ3v) is 5.55. The van der Waals surface area contributed by atoms with E-state index in [-0.39, 0.29) is 5.91 Å². The molecule has 0 spiro atoms. The minimum Gasteiger partial charge on any atom is -0.378 e. The van der Waals surface area contributed by atoms with E-state index in [9.17, 15) is 4.79 Å². The van der Waals surface area contributed by atoms with Crippen molar-refractivity contribution in [1.82, 2.24) is 0 Å². The summed E-state index contributed by atoms with van der Waals surface area (Å²) in [6.07, 6.45) is 1.90. The van der Waals surface area contributed by atoms with E-state index in [4.69, 9.17) is 12.2 Å². The lowest BCUT2D eigenvalue weighted by atomic mass is 10.1. The Morgan fingerprint density at radius 1 is 1.04 bits per heavy atom. The first-order chi connectivity index (χ1) is 11.9. The zero-order valence-electron chi connectivity index (χ0n) is 14.7. The molecule has 1 fully saturated rings. The fraction of sp³-hybridized carbons (Fsp3) is 0.200. The van der Waals surface area contributed by atoms with Gasteiger partial charge in [-0.25, -0.2) is 0 Å². The number of thiocarbonyl (C=S) groups is 1. The predicted octanol–water partition coefficient (Wildman–Crippen LogP) is 4.78. The van der Waals surface area contributed by atoms with Crippen molar-refractivity contribution in [3.8, 4) is 0 Å². The molecule has 2 aromatic rings. The van der Waals surface area contributed by atoms with Crippen molar-refractivity contribution >= 4 is 51.7 Å². The first kappa shape index (κ1) is 17.7. The molecule has 0 aliphatic carbocycles. The van der Waals surface area contributed by atoms with Gasteiger partial charge < -0.3 is 4.90 Å². The van der Waals surface area contributed by atoms with Gasteiger partial charge in [0.15, 0.2) is 4.32 Å². The molecule has 0 atom stereocenters. The quantitative estimate of drug-likeness (QED) is 0.575. The molecule has 1 heterocycles. The summed E-state index contributed by atoms with van der Waals surface area (Å²) in [6, 6.07) is 14.1. The molecule has 1 saturated heterocycles. The van der Waals surface area contributed by atoms with Crippen LogP contribution in [-0.2, 0) is 4.79 Å². The summed E-state index contributed by atoms with van der Waals surface area (Å²) in [5, 5.41) is 0. The Morgan fingerprint density at radius 3 is 2.32 bits per heavy atom. The van der Waals surface area contributed by atoms with Crippen LogP contribution in [0, 0.1) is 13.8 Å². The van der Waals surface area contributed by atoms with Crippen molar-refractivity contribution < 1.29 is 4.79 Å². The molecule has 0 aromatic heterocycles. The molecule has 0 radical (unpaired) electrons. The SMILES string of the molecule is Cc1ccc(N2C(=O)/C(=C/c3ccc(N(C)C)cc3)SC2=S)cc1C. The van der Waals surface area contributed by atoms with Crippen LogP contribution < -0.4 is 9.80 Å². The largest absolute Gasteiger partial charge is 0.378 e. The lowest BCUT2D eigenvalue weighted by Crippen LogP contribution is -2.27. The van der Waals surface area contributed by atoms with Gasteiger partial charge in [-0.3, -0.25) is 9.69 Å². The predicted molar refractivity (Wildman–Crippen MR) is 112 cm³/mol. The molecule has 0 saturated carbocycles. The maximum absolute atomic E-state index is 12.8. The number of thioether (sulfide) groups is 1. The minimum absolute atomic E-state index is 0.0602. The van der Waals surface area contributed by atoms with E-state index in [1.165, 1.54) is 17.3 Å². The van der Waals surface area contributed by atoms with Crippen molar-refractivity contribution in [2.24, 2.45) is 0 Å². The van der Waals surface area contributed by atoms with Crippen molar-refractivity contribution in [2.75, 3.05) is 23.9 Å². The van der Waals surface area contributed by atoms with Crippen molar-refractivity contribution in [1.29, 1.82) is 0 Å². The minimum atomic E-state index is -0.0602. The Hall–Kier alpha value is -2.11. The second kappa shape index (κ2) is 7.02. The van der Waals surface area contributed by atoms with Crippen LogP contribution >= 0.6 is 24.0 Å². The second-order valence-corrected chi connectivity index (χ2v) is 7.95. The van der Waals surface area contributed by atoms with Crippen LogP contribution in [0.3, 0.4) is 0 Å². The first-order valence-electron chi connectivity index (χ1n) is 7.99. The van der Waals surface area contributed by atoms with Gasteiger partial charge in [-0.2, -0.15) is 0 Å². The van der Waals surface area contributed by atoms with Gasteiger partial charge in [-0.1, -0.05) is 42.2 Å². The summed E-state index contributed by atoms with van der Waals surface area (Å²) in [4.78, 5) is 17.1. The number of carbonyl (C=O) groups excluding carboxylic acids is 1. The fourth-order valence-corrected chi connectivity index (χ4v) is 3.87. The molecule has 2 aromatic carbocycles. The molecule has 1 amide bonds. The van der Waals surface area contributed by atoms with Crippen molar-refractivity contribution in [2.45, 2.75) is 13.8 Å². The Labute approximate surface area is 158 Å². The molecule has 1 aliphatic heterocycles. The molecular formula is C20H20N2OS2. The monoisotopic (exact) mass is 368 g/mol. The Morgan fingerprint density at radius 2 is 1.72 bits per heavy atom. The average Bonchev–Trinajstić information content (AvgIpc) is 2.85. The number of anilines is 2. The van der Waals surface area contributed by atoms with Gasteiger partial charge >= 0.3 is 0 Å². The lowest BCUT2D eigenvalue weighted by Gasteiger charge is -2.16. The van der Waals surface area contributed by atoms with Crippen molar-refractivity contribution in [3.05, 3.63) is 64.1 Å². The van der Waals surface area contributed by atoms with Gasteiger partial charge in [0, 0.05) is 19.8 Å². The molecule has 0 N–H and O–H groups in total. The number of benzene rings is 2. The zero-order valence-corrected chi connectivity index (χ0v) is 16.4. The summed E-state index contributed by atoms with van der Waals surface area (Å²) in [7, 11) is 4.01. The van der Waals surface area contributed by atoms with Crippen LogP contribution in [-0.4, -0.2) is 24.3 Å². The van der Waals surface area contributed by atoms with Gasteiger partial charge in [-0.05, 0) is 60.9 Å². The normalized spacial score (nSPS) is 16.0. The fourth-order valence-electron chi connectivity index (χ4n) is 2.58. The Balaban J connectivity index is 1.88. The van der Waals surface area contributed by atoms with E-state index in [1.54, 1.807) is 4.90 Å². The number of hydrogen-bond acceptors (Lipinski definition) is 4. The van der Waals surface area contributed by atoms with E-state index in [1.807, 2.05) is 74.5 Å². The summed E-state index contributed by atoms with van der Waals surface area (Å²) in [5.41, 5.74) is 5.29. The number of rotatable bonds is 3. The van der Waals surface area contributed by atoms with Crippen LogP contribution in [0.25, 0.3) is 6.08 Å². The molecule has 128 valence electrons. The number of hydrogen-bond donors (Lipinski definition) is 0. The van der Waals surface area contributed by atoms with Crippen LogP contribution in [0.15, 0.2) is 47.4 Å². The average molecular weight is 369 g/mol. The number of amides is 1. The van der Waals surface area contributed by atoms with Gasteiger partial charge in [0.1, 0.15) is 0 Å². The molecule has 0 unspecified atom stereocenters. The maximum Gasteiger partial charge on any atom is 0.270 e. The smallest absolute Gasteiger partial charge is 0.270 e. The summed E-state index contributed by atoms with van der Waals surface area (Å²) >= 11 is 6.80. The van der Waals surface area contributed by atoms with E-state index >= 15 is 0 Å². The molecule has 0 bridgehead atoms. The van der Waals surface area contributed by atoms with Gasteiger partial charge in [0.2, 0.25) is 0 Å². The van der Waals surface area contributed by atoms with E-state index in [2.05, 4.69) is 6.92 Å². The van der Waals surface area contributed by atoms with Crippen LogP contribution in [0.1, 0.15) is 16.7 Å². The highest BCUT2D eigenvalue weighted by molar-refractivity contribution is 8.27. The molecule has 1 aliphatic rings. The lowest BCUT2D eigenvalue weighted by molar-refractivity contribution is -0.113. The highest BCUT2D eigenvalue weighted by atomic mass is 32.2. The molecule has 3 nitrogen and oxygen atoms in total. The van der Waals surface area contributed by atoms with Gasteiger partial charge in [0.25, 0.3) is 5.91 Å². The standard InChI is InChI=1S/C20H20N2OS2/c1-13-5-8-17(11-14(13)2)22-19(23)18(25-20(22)24)12-15-6-9-16(10-7-15)21(3)4/h5-12H,1-4H3/b18-12-. The summed E-state index contributed by atoms with van der Waals surface area (Å²) in [6.45, 7) is 4.10. The Bertz CT molecular complexity index is 870. The van der Waals surface area contributed by atoms with Crippen LogP contribution in [0.2, 0.25) is 0 Å². The number of nitrogens with zero attached hydrogens (tertiary/aromatic N) is 2. The van der Waals surface area contributed by atoms with Crippen LogP contribution in [0.5, 0.6) is 0 Å². The molecule has 25 heavy (non-hydrogen) atoms. The first-order valence-corrected chi connectivity index (χ1v) is 9.22. The number of carbonyl (C=O) groups is 1. The zero-order chi connectivity index (χ0) is 18.1. The molecule has 5 heteroatoms. The second-order valence-electron chi connectivity index (χ2n) is 6.27. The summed E-state index contributed by atoms with van der Waals surface area (Å²) in [5.74, 6) is -0.0602. The molecule has 3 rings (SSSR count). The third kappa shape index (κ3) is 3.62. The Kier molecular flexibility index (Phi) is 4.97. The molecular weight excluding hydrogens is 348 g/mol. The highest BCUT2D eigenvalue weighted by Crippen LogP contribution is 2.36. The van der Waals surface area contributed by atoms with Gasteiger partial charge in [0.05, 0.1) is 10.6 Å².